The molecule has 0 aromatic carbocycles. The molecule has 2 saturated carbocycles. The van der Waals surface area contributed by atoms with Crippen molar-refractivity contribution in [3.8, 4) is 0 Å². The largest absolute Gasteiger partial charge is 0.547 e. The molecule has 4 atom stereocenters. The zero-order valence-corrected chi connectivity index (χ0v) is 22.1. The molecule has 0 bridgehead atoms. The number of carbonyl (C=O) groups is 2. The first kappa shape index (κ1) is 30.1. The third kappa shape index (κ3) is 11.5. The van der Waals surface area contributed by atoms with Gasteiger partial charge in [0.15, 0.2) is 0 Å². The molecule has 0 aromatic rings. The van der Waals surface area contributed by atoms with Gasteiger partial charge in [-0.2, -0.15) is 0 Å². The number of hydrogen-bond acceptors (Lipinski definition) is 6. The molecule has 2 fully saturated rings. The van der Waals surface area contributed by atoms with Crippen molar-refractivity contribution in [1.82, 2.24) is 0 Å². The Morgan fingerprint density at radius 1 is 0.839 bits per heavy atom. The minimum absolute atomic E-state index is 0.0469. The number of carboxylic acids is 2. The van der Waals surface area contributed by atoms with Gasteiger partial charge in [0.05, 0.1) is 11.9 Å². The second-order valence-electron chi connectivity index (χ2n) is 8.50. The molecular formula is C24H40O6Sn. The molecule has 2 rings (SSSR count). The van der Waals surface area contributed by atoms with E-state index in [-0.39, 0.29) is 33.0 Å². The van der Waals surface area contributed by atoms with Crippen LogP contribution in [0.4, 0.5) is 0 Å². The monoisotopic (exact) mass is 544 g/mol. The first-order valence-corrected chi connectivity index (χ1v) is 14.8. The first-order valence-electron chi connectivity index (χ1n) is 11.5. The number of hydrogen-bond donors (Lipinski definition) is 2. The topological polar surface area (TPSA) is 121 Å². The van der Waals surface area contributed by atoms with E-state index < -0.39 is 23.1 Å². The maximum absolute atomic E-state index is 10.4. The predicted octanol–water partition coefficient (Wildman–Crippen LogP) is 1.89. The van der Waals surface area contributed by atoms with Gasteiger partial charge in [-0.1, -0.05) is 65.2 Å². The number of rotatable bonds is 14. The number of carbonyl (C=O) groups excluding carboxylic acids is 2. The Morgan fingerprint density at radius 3 is 1.39 bits per heavy atom. The molecular weight excluding hydrogens is 503 g/mol. The summed E-state index contributed by atoms with van der Waals surface area (Å²) >= 11 is -0.254. The summed E-state index contributed by atoms with van der Waals surface area (Å²) in [6, 6.07) is 0. The van der Waals surface area contributed by atoms with Gasteiger partial charge in [0.2, 0.25) is 0 Å². The number of aliphatic carboxylic acids is 2. The molecule has 0 aromatic heterocycles. The van der Waals surface area contributed by atoms with Crippen LogP contribution >= 0.6 is 0 Å². The minimum Gasteiger partial charge on any atom is -0.547 e. The van der Waals surface area contributed by atoms with E-state index in [2.05, 4.69) is 27.0 Å². The smallest absolute Gasteiger partial charge is 0.107 e. The van der Waals surface area contributed by atoms with Crippen LogP contribution in [0.3, 0.4) is 0 Å². The summed E-state index contributed by atoms with van der Waals surface area (Å²) in [5.74, 6) is -2.69. The summed E-state index contributed by atoms with van der Waals surface area (Å²) in [6.45, 7) is 11.4. The predicted molar refractivity (Wildman–Crippen MR) is 120 cm³/mol. The van der Waals surface area contributed by atoms with Crippen molar-refractivity contribution in [3.05, 3.63) is 21.3 Å². The van der Waals surface area contributed by atoms with Crippen molar-refractivity contribution in [2.24, 2.45) is 11.8 Å². The van der Waals surface area contributed by atoms with E-state index >= 15 is 0 Å². The first-order chi connectivity index (χ1) is 14.6. The molecule has 0 radical (unpaired) electrons. The van der Waals surface area contributed by atoms with Crippen molar-refractivity contribution >= 4 is 33.1 Å². The van der Waals surface area contributed by atoms with Crippen LogP contribution in [0.1, 0.15) is 90.9 Å². The van der Waals surface area contributed by atoms with Crippen molar-refractivity contribution in [2.45, 2.75) is 102 Å². The third-order valence-corrected chi connectivity index (χ3v) is 7.25. The summed E-state index contributed by atoms with van der Waals surface area (Å²) in [5.41, 5.74) is -2.96. The van der Waals surface area contributed by atoms with E-state index in [1.807, 2.05) is 8.18 Å². The quantitative estimate of drug-likeness (QED) is 0.255. The number of carboxylic acid groups (broad SMARTS) is 2. The summed E-state index contributed by atoms with van der Waals surface area (Å²) in [7, 11) is 0. The van der Waals surface area contributed by atoms with Gasteiger partial charge in [0.25, 0.3) is 0 Å². The maximum Gasteiger partial charge on any atom is 0.107 e. The second-order valence-corrected chi connectivity index (χ2v) is 11.8. The summed E-state index contributed by atoms with van der Waals surface area (Å²) in [4.78, 5) is 20.8. The van der Waals surface area contributed by atoms with Crippen molar-refractivity contribution in [3.63, 3.8) is 0 Å². The molecule has 0 heterocycles. The van der Waals surface area contributed by atoms with Crippen LogP contribution in [0.25, 0.3) is 0 Å². The van der Waals surface area contributed by atoms with E-state index in [4.69, 9.17) is 0 Å². The molecule has 2 N–H and O–H groups in total. The fourth-order valence-corrected chi connectivity index (χ4v) is 4.01. The van der Waals surface area contributed by atoms with E-state index in [1.54, 1.807) is 0 Å². The number of aliphatic hydroxyl groups is 2. The van der Waals surface area contributed by atoms with Gasteiger partial charge < -0.3 is 30.0 Å². The summed E-state index contributed by atoms with van der Waals surface area (Å²) in [5, 5.41) is 39.6. The summed E-state index contributed by atoms with van der Waals surface area (Å²) < 4.78 is 3.96. The van der Waals surface area contributed by atoms with Crippen LogP contribution in [-0.4, -0.2) is 54.5 Å². The van der Waals surface area contributed by atoms with Gasteiger partial charge in [-0.3, -0.25) is 0 Å². The average molecular weight is 543 g/mol. The van der Waals surface area contributed by atoms with E-state index in [9.17, 15) is 30.0 Å². The van der Waals surface area contributed by atoms with Crippen LogP contribution in [0.5, 0.6) is 0 Å². The summed E-state index contributed by atoms with van der Waals surface area (Å²) in [6.07, 6.45) is 11.5. The standard InChI is InChI=1S/2C10H18O3.2C2H3.Sn/c2*1-2-3-4-5-6-8-7-10(8,13)9(11)12;2*1-2;/h2*8,13H,2-7H2,1H3,(H,11,12);2*1H,2H2;/q;;;;+2/p-2. The van der Waals surface area contributed by atoms with Crippen molar-refractivity contribution < 1.29 is 30.0 Å². The van der Waals surface area contributed by atoms with E-state index in [0.29, 0.717) is 12.8 Å². The Hall–Kier alpha value is -0.861. The zero-order valence-electron chi connectivity index (χ0n) is 19.2. The molecule has 176 valence electrons. The minimum atomic E-state index is -1.48. The van der Waals surface area contributed by atoms with Gasteiger partial charge >= 0.3 is 42.5 Å². The van der Waals surface area contributed by atoms with Gasteiger partial charge in [-0.05, 0) is 37.5 Å². The van der Waals surface area contributed by atoms with Gasteiger partial charge in [-0.15, -0.1) is 0 Å². The molecule has 2 aliphatic carbocycles. The van der Waals surface area contributed by atoms with Gasteiger partial charge in [0.1, 0.15) is 11.2 Å². The van der Waals surface area contributed by atoms with Crippen LogP contribution in [0, 0.1) is 11.8 Å². The second kappa shape index (κ2) is 15.9. The third-order valence-electron chi connectivity index (χ3n) is 5.90. The molecule has 0 amide bonds. The Bertz CT molecular complexity index is 518. The van der Waals surface area contributed by atoms with Crippen molar-refractivity contribution in [2.75, 3.05) is 0 Å². The normalized spacial score (nSPS) is 27.4. The van der Waals surface area contributed by atoms with E-state index in [1.165, 1.54) is 25.7 Å². The average Bonchev–Trinajstić information content (AvgIpc) is 3.60. The maximum atomic E-state index is 10.4. The van der Waals surface area contributed by atoms with E-state index in [0.717, 1.165) is 38.5 Å². The molecule has 0 saturated heterocycles. The fourth-order valence-electron chi connectivity index (χ4n) is 3.53. The van der Waals surface area contributed by atoms with Gasteiger partial charge in [0, 0.05) is 0 Å². The molecule has 0 aliphatic heterocycles. The van der Waals surface area contributed by atoms with Crippen molar-refractivity contribution in [1.29, 1.82) is 0 Å². The number of unbranched alkanes of at least 4 members (excludes halogenated alkanes) is 6. The zero-order chi connectivity index (χ0) is 23.9. The van der Waals surface area contributed by atoms with Crippen LogP contribution in [0.2, 0.25) is 0 Å². The molecule has 31 heavy (non-hydrogen) atoms. The Balaban J connectivity index is 0.000000479. The molecule has 2 aliphatic rings. The van der Waals surface area contributed by atoms with Crippen LogP contribution in [-0.2, 0) is 9.59 Å². The molecule has 0 spiro atoms. The van der Waals surface area contributed by atoms with Crippen LogP contribution in [0.15, 0.2) is 21.3 Å². The van der Waals surface area contributed by atoms with Gasteiger partial charge in [-0.25, -0.2) is 0 Å². The Kier molecular flexibility index (Phi) is 15.4. The SMILES string of the molecule is C=[CH][Sn+2][CH]=C.CCCCCCC1CC1(O)C(=O)[O-].CCCCCCC1CC1(O)C(=O)[O-]. The fraction of sp³-hybridized carbons (Fsp3) is 0.750. The Morgan fingerprint density at radius 2 is 1.19 bits per heavy atom. The molecule has 4 unspecified atom stereocenters. The van der Waals surface area contributed by atoms with Crippen LogP contribution < -0.4 is 10.2 Å². The molecule has 7 heteroatoms. The molecule has 6 nitrogen and oxygen atoms in total. The Labute approximate surface area is 198 Å².